The van der Waals surface area contributed by atoms with E-state index in [2.05, 4.69) is 10.3 Å². The number of rotatable bonds is 3. The van der Waals surface area contributed by atoms with Crippen molar-refractivity contribution in [1.82, 2.24) is 10.3 Å². The summed E-state index contributed by atoms with van der Waals surface area (Å²) < 4.78 is 0. The summed E-state index contributed by atoms with van der Waals surface area (Å²) in [6.07, 6.45) is 7.39. The smallest absolute Gasteiger partial charge is 0.220 e. The van der Waals surface area contributed by atoms with Crippen LogP contribution in [0.2, 0.25) is 5.02 Å². The molecule has 1 aliphatic carbocycles. The Balaban J connectivity index is 1.99. The zero-order chi connectivity index (χ0) is 15.5. The van der Waals surface area contributed by atoms with Crippen molar-refractivity contribution in [3.8, 4) is 11.1 Å². The molecule has 114 valence electrons. The highest BCUT2D eigenvalue weighted by molar-refractivity contribution is 6.30. The van der Waals surface area contributed by atoms with E-state index in [1.807, 2.05) is 43.6 Å². The van der Waals surface area contributed by atoms with Crippen molar-refractivity contribution >= 4 is 17.5 Å². The van der Waals surface area contributed by atoms with Gasteiger partial charge in [0.05, 0.1) is 6.04 Å². The maximum atomic E-state index is 11.7. The molecule has 1 atom stereocenters. The molecule has 0 radical (unpaired) electrons. The quantitative estimate of drug-likeness (QED) is 0.917. The Hall–Kier alpha value is -1.87. The zero-order valence-electron chi connectivity index (χ0n) is 12.6. The van der Waals surface area contributed by atoms with Crippen LogP contribution >= 0.6 is 11.6 Å². The van der Waals surface area contributed by atoms with Crippen LogP contribution in [0.3, 0.4) is 0 Å². The Morgan fingerprint density at radius 3 is 2.82 bits per heavy atom. The average molecular weight is 315 g/mol. The van der Waals surface area contributed by atoms with Gasteiger partial charge in [-0.15, -0.1) is 0 Å². The van der Waals surface area contributed by atoms with E-state index >= 15 is 0 Å². The number of aromatic nitrogens is 1. The predicted octanol–water partition coefficient (Wildman–Crippen LogP) is 4.31. The monoisotopic (exact) mass is 314 g/mol. The fraction of sp³-hybridized carbons (Fsp3) is 0.333. The Bertz CT molecular complexity index is 682. The molecule has 3 nitrogen and oxygen atoms in total. The number of carbonyl (C=O) groups is 1. The van der Waals surface area contributed by atoms with Crippen molar-refractivity contribution in [3.63, 3.8) is 0 Å². The highest BCUT2D eigenvalue weighted by Crippen LogP contribution is 2.35. The van der Waals surface area contributed by atoms with Gasteiger partial charge in [0.15, 0.2) is 0 Å². The second-order valence-electron chi connectivity index (χ2n) is 5.63. The molecule has 1 aromatic carbocycles. The van der Waals surface area contributed by atoms with Crippen molar-refractivity contribution in [2.75, 3.05) is 0 Å². The second-order valence-corrected chi connectivity index (χ2v) is 6.06. The van der Waals surface area contributed by atoms with Crippen molar-refractivity contribution in [2.45, 2.75) is 38.6 Å². The molecule has 4 heteroatoms. The first-order chi connectivity index (χ1) is 10.7. The van der Waals surface area contributed by atoms with E-state index in [-0.39, 0.29) is 11.9 Å². The van der Waals surface area contributed by atoms with E-state index in [9.17, 15) is 4.79 Å². The maximum Gasteiger partial charge on any atom is 0.220 e. The summed E-state index contributed by atoms with van der Waals surface area (Å²) in [5.74, 6) is 0.0924. The molecular weight excluding hydrogens is 296 g/mol. The van der Waals surface area contributed by atoms with Gasteiger partial charge in [-0.05, 0) is 48.1 Å². The summed E-state index contributed by atoms with van der Waals surface area (Å²) in [4.78, 5) is 16.1. The van der Waals surface area contributed by atoms with Gasteiger partial charge < -0.3 is 5.32 Å². The van der Waals surface area contributed by atoms with Gasteiger partial charge in [-0.1, -0.05) is 30.7 Å². The van der Waals surface area contributed by atoms with Crippen molar-refractivity contribution < 1.29 is 4.79 Å². The van der Waals surface area contributed by atoms with Gasteiger partial charge in [0.2, 0.25) is 5.91 Å². The van der Waals surface area contributed by atoms with E-state index in [1.54, 1.807) is 0 Å². The SMILES string of the molecule is CCC(=O)N[C@@H]1CCCc2c(-c3ccc(Cl)cc3)cncc21. The summed E-state index contributed by atoms with van der Waals surface area (Å²) in [5.41, 5.74) is 4.71. The summed E-state index contributed by atoms with van der Waals surface area (Å²) in [7, 11) is 0. The van der Waals surface area contributed by atoms with Crippen LogP contribution in [0.5, 0.6) is 0 Å². The third-order valence-corrected chi connectivity index (χ3v) is 4.45. The summed E-state index contributed by atoms with van der Waals surface area (Å²) in [6.45, 7) is 1.88. The van der Waals surface area contributed by atoms with Gasteiger partial charge in [0, 0.05) is 29.4 Å². The molecule has 1 N–H and O–H groups in total. The molecule has 1 heterocycles. The fourth-order valence-corrected chi connectivity index (χ4v) is 3.17. The number of halogens is 1. The lowest BCUT2D eigenvalue weighted by Crippen LogP contribution is -2.30. The predicted molar refractivity (Wildman–Crippen MR) is 88.8 cm³/mol. The number of amides is 1. The fourth-order valence-electron chi connectivity index (χ4n) is 3.05. The Morgan fingerprint density at radius 1 is 1.32 bits per heavy atom. The van der Waals surface area contributed by atoms with Gasteiger partial charge in [0.25, 0.3) is 0 Å². The van der Waals surface area contributed by atoms with E-state index in [0.717, 1.165) is 41.0 Å². The first-order valence-electron chi connectivity index (χ1n) is 7.71. The normalized spacial score (nSPS) is 16.9. The van der Waals surface area contributed by atoms with Gasteiger partial charge in [-0.2, -0.15) is 0 Å². The van der Waals surface area contributed by atoms with E-state index < -0.39 is 0 Å². The summed E-state index contributed by atoms with van der Waals surface area (Å²) in [6, 6.07) is 7.92. The van der Waals surface area contributed by atoms with Gasteiger partial charge >= 0.3 is 0 Å². The van der Waals surface area contributed by atoms with Crippen LogP contribution in [-0.4, -0.2) is 10.9 Å². The van der Waals surface area contributed by atoms with Crippen molar-refractivity contribution in [1.29, 1.82) is 0 Å². The van der Waals surface area contributed by atoms with Crippen molar-refractivity contribution in [2.24, 2.45) is 0 Å². The Labute approximate surface area is 135 Å². The average Bonchev–Trinajstić information content (AvgIpc) is 2.55. The van der Waals surface area contributed by atoms with Crippen LogP contribution in [0, 0.1) is 0 Å². The summed E-state index contributed by atoms with van der Waals surface area (Å²) in [5, 5.41) is 3.84. The number of benzene rings is 1. The molecule has 3 rings (SSSR count). The molecule has 1 amide bonds. The number of fused-ring (bicyclic) bond motifs is 1. The molecule has 1 aromatic heterocycles. The van der Waals surface area contributed by atoms with Gasteiger partial charge in [-0.3, -0.25) is 9.78 Å². The third-order valence-electron chi connectivity index (χ3n) is 4.20. The van der Waals surface area contributed by atoms with Crippen LogP contribution in [0.25, 0.3) is 11.1 Å². The molecule has 1 aliphatic rings. The van der Waals surface area contributed by atoms with Gasteiger partial charge in [-0.25, -0.2) is 0 Å². The lowest BCUT2D eigenvalue weighted by atomic mass is 9.84. The molecule has 0 saturated heterocycles. The lowest BCUT2D eigenvalue weighted by Gasteiger charge is -2.27. The third kappa shape index (κ3) is 3.00. The number of carbonyl (C=O) groups excluding carboxylic acids is 1. The van der Waals surface area contributed by atoms with Crippen LogP contribution in [0.4, 0.5) is 0 Å². The highest BCUT2D eigenvalue weighted by atomic mass is 35.5. The summed E-state index contributed by atoms with van der Waals surface area (Å²) >= 11 is 5.98. The lowest BCUT2D eigenvalue weighted by molar-refractivity contribution is -0.121. The van der Waals surface area contributed by atoms with Gasteiger partial charge in [0.1, 0.15) is 0 Å². The molecule has 0 unspecified atom stereocenters. The Kier molecular flexibility index (Phi) is 4.44. The minimum atomic E-state index is 0.0796. The molecular formula is C18H19ClN2O. The first-order valence-corrected chi connectivity index (χ1v) is 8.09. The first kappa shape index (κ1) is 15.0. The number of hydrogen-bond donors (Lipinski definition) is 1. The van der Waals surface area contributed by atoms with E-state index in [0.29, 0.717) is 6.42 Å². The number of pyridine rings is 1. The zero-order valence-corrected chi connectivity index (χ0v) is 13.4. The molecule has 0 saturated carbocycles. The highest BCUT2D eigenvalue weighted by Gasteiger charge is 2.24. The molecule has 0 spiro atoms. The minimum Gasteiger partial charge on any atom is -0.349 e. The topological polar surface area (TPSA) is 42.0 Å². The molecule has 0 fully saturated rings. The Morgan fingerprint density at radius 2 is 2.09 bits per heavy atom. The second kappa shape index (κ2) is 6.49. The van der Waals surface area contributed by atoms with Crippen LogP contribution in [0.1, 0.15) is 43.4 Å². The van der Waals surface area contributed by atoms with Crippen LogP contribution in [0.15, 0.2) is 36.7 Å². The number of nitrogens with one attached hydrogen (secondary N) is 1. The van der Waals surface area contributed by atoms with Crippen LogP contribution < -0.4 is 5.32 Å². The standard InChI is InChI=1S/C18H19ClN2O/c1-2-18(22)21-17-5-3-4-14-15(10-20-11-16(14)17)12-6-8-13(19)9-7-12/h6-11,17H,2-5H2,1H3,(H,21,22)/t17-/m1/s1. The minimum absolute atomic E-state index is 0.0796. The van der Waals surface area contributed by atoms with E-state index in [1.165, 1.54) is 5.56 Å². The molecule has 0 aliphatic heterocycles. The van der Waals surface area contributed by atoms with Crippen LogP contribution in [-0.2, 0) is 11.2 Å². The number of hydrogen-bond acceptors (Lipinski definition) is 2. The number of nitrogens with zero attached hydrogens (tertiary/aromatic N) is 1. The molecule has 22 heavy (non-hydrogen) atoms. The largest absolute Gasteiger partial charge is 0.349 e. The maximum absolute atomic E-state index is 11.7. The van der Waals surface area contributed by atoms with Crippen molar-refractivity contribution in [3.05, 3.63) is 52.8 Å². The molecule has 2 aromatic rings. The molecule has 0 bridgehead atoms. The van der Waals surface area contributed by atoms with E-state index in [4.69, 9.17) is 11.6 Å².